The lowest BCUT2D eigenvalue weighted by Crippen LogP contribution is -2.28. The van der Waals surface area contributed by atoms with Gasteiger partial charge in [-0.05, 0) is 32.9 Å². The van der Waals surface area contributed by atoms with Crippen molar-refractivity contribution in [2.45, 2.75) is 32.2 Å². The summed E-state index contributed by atoms with van der Waals surface area (Å²) in [7, 11) is 0. The predicted molar refractivity (Wildman–Crippen MR) is 72.2 cm³/mol. The number of hydrogen-bond acceptors (Lipinski definition) is 6. The van der Waals surface area contributed by atoms with Crippen LogP contribution in [0.2, 0.25) is 0 Å². The fraction of sp³-hybridized carbons (Fsp3) is 0.538. The van der Waals surface area contributed by atoms with Gasteiger partial charge < -0.3 is 14.9 Å². The third kappa shape index (κ3) is 2.80. The molecule has 8 nitrogen and oxygen atoms in total. The van der Waals surface area contributed by atoms with Gasteiger partial charge in [0.25, 0.3) is 0 Å². The Hall–Kier alpha value is -2.22. The minimum absolute atomic E-state index is 0.0436. The highest BCUT2D eigenvalue weighted by molar-refractivity contribution is 5.86. The van der Waals surface area contributed by atoms with E-state index in [0.29, 0.717) is 23.7 Å². The Balaban J connectivity index is 1.93. The summed E-state index contributed by atoms with van der Waals surface area (Å²) in [5, 5.41) is 24.3. The first kappa shape index (κ1) is 13.7. The van der Waals surface area contributed by atoms with Crippen molar-refractivity contribution >= 4 is 5.97 Å². The van der Waals surface area contributed by atoms with E-state index in [-0.39, 0.29) is 11.6 Å². The second kappa shape index (κ2) is 5.65. The molecule has 0 spiro atoms. The van der Waals surface area contributed by atoms with Gasteiger partial charge in [0.05, 0.1) is 12.2 Å². The van der Waals surface area contributed by atoms with Crippen LogP contribution in [0, 0.1) is 6.92 Å². The Morgan fingerprint density at radius 3 is 2.90 bits per heavy atom. The Morgan fingerprint density at radius 1 is 1.52 bits per heavy atom. The van der Waals surface area contributed by atoms with E-state index in [1.807, 2.05) is 13.0 Å². The smallest absolute Gasteiger partial charge is 0.358 e. The summed E-state index contributed by atoms with van der Waals surface area (Å²) in [5.41, 5.74) is 1.44. The van der Waals surface area contributed by atoms with Crippen LogP contribution in [0.15, 0.2) is 10.6 Å². The molecular formula is C13H17N5O3. The third-order valence-corrected chi connectivity index (χ3v) is 3.69. The highest BCUT2D eigenvalue weighted by Crippen LogP contribution is 2.27. The zero-order chi connectivity index (χ0) is 14.8. The van der Waals surface area contributed by atoms with Gasteiger partial charge in [-0.2, -0.15) is 0 Å². The van der Waals surface area contributed by atoms with Crippen molar-refractivity contribution in [1.82, 2.24) is 25.5 Å². The molecule has 0 radical (unpaired) electrons. The number of aryl methyl sites for hydroxylation is 1. The molecule has 2 N–H and O–H groups in total. The number of carboxylic acids is 1. The van der Waals surface area contributed by atoms with Crippen molar-refractivity contribution in [1.29, 1.82) is 0 Å². The number of nitrogens with one attached hydrogen (secondary N) is 1. The topological polar surface area (TPSA) is 106 Å². The molecule has 0 atom stereocenters. The first-order chi connectivity index (χ1) is 10.1. The first-order valence-electron chi connectivity index (χ1n) is 6.94. The molecule has 112 valence electrons. The molecule has 0 amide bonds. The lowest BCUT2D eigenvalue weighted by atomic mass is 9.93. The monoisotopic (exact) mass is 291 g/mol. The number of piperidine rings is 1. The van der Waals surface area contributed by atoms with E-state index >= 15 is 0 Å². The maximum Gasteiger partial charge on any atom is 0.358 e. The SMILES string of the molecule is Cc1cc(Cn2nnc(C(=O)O)c2C2CCNCC2)no1. The summed E-state index contributed by atoms with van der Waals surface area (Å²) >= 11 is 0. The number of carboxylic acid groups (broad SMARTS) is 1. The molecule has 1 saturated heterocycles. The Bertz CT molecular complexity index is 642. The molecule has 1 aliphatic heterocycles. The number of hydrogen-bond donors (Lipinski definition) is 2. The van der Waals surface area contributed by atoms with Crippen LogP contribution in [0.5, 0.6) is 0 Å². The van der Waals surface area contributed by atoms with Crippen LogP contribution < -0.4 is 5.32 Å². The molecule has 21 heavy (non-hydrogen) atoms. The Labute approximate surface area is 121 Å². The van der Waals surface area contributed by atoms with E-state index in [1.54, 1.807) is 4.68 Å². The van der Waals surface area contributed by atoms with Crippen molar-refractivity contribution in [3.63, 3.8) is 0 Å². The van der Waals surface area contributed by atoms with Crippen LogP contribution in [0.25, 0.3) is 0 Å². The highest BCUT2D eigenvalue weighted by Gasteiger charge is 2.28. The highest BCUT2D eigenvalue weighted by atomic mass is 16.5. The summed E-state index contributed by atoms with van der Waals surface area (Å²) in [5.74, 6) is -0.168. The number of nitrogens with zero attached hydrogens (tertiary/aromatic N) is 4. The van der Waals surface area contributed by atoms with Crippen LogP contribution >= 0.6 is 0 Å². The van der Waals surface area contributed by atoms with Gasteiger partial charge in [0.2, 0.25) is 0 Å². The molecule has 2 aromatic rings. The van der Waals surface area contributed by atoms with E-state index in [9.17, 15) is 9.90 Å². The fourth-order valence-corrected chi connectivity index (χ4v) is 2.73. The predicted octanol–water partition coefficient (Wildman–Crippen LogP) is 0.788. The molecule has 0 bridgehead atoms. The third-order valence-electron chi connectivity index (χ3n) is 3.69. The summed E-state index contributed by atoms with van der Waals surface area (Å²) in [6.45, 7) is 3.93. The van der Waals surface area contributed by atoms with Crippen molar-refractivity contribution in [2.75, 3.05) is 13.1 Å². The van der Waals surface area contributed by atoms with Gasteiger partial charge >= 0.3 is 5.97 Å². The molecule has 0 saturated carbocycles. The van der Waals surface area contributed by atoms with Crippen LogP contribution in [-0.2, 0) is 6.54 Å². The standard InChI is InChI=1S/C13H17N5O3/c1-8-6-10(16-21-8)7-18-12(9-2-4-14-5-3-9)11(13(19)20)15-17-18/h6,9,14H,2-5,7H2,1H3,(H,19,20). The molecule has 0 aliphatic carbocycles. The van der Waals surface area contributed by atoms with Gasteiger partial charge in [0.15, 0.2) is 5.69 Å². The normalized spacial score (nSPS) is 16.2. The average Bonchev–Trinajstić information content (AvgIpc) is 3.07. The first-order valence-corrected chi connectivity index (χ1v) is 6.94. The van der Waals surface area contributed by atoms with Gasteiger partial charge in [-0.3, -0.25) is 0 Å². The van der Waals surface area contributed by atoms with Gasteiger partial charge in [-0.15, -0.1) is 5.10 Å². The molecule has 0 unspecified atom stereocenters. The second-order valence-corrected chi connectivity index (χ2v) is 5.24. The Morgan fingerprint density at radius 2 is 2.29 bits per heavy atom. The van der Waals surface area contributed by atoms with Crippen LogP contribution in [0.4, 0.5) is 0 Å². The maximum atomic E-state index is 11.4. The van der Waals surface area contributed by atoms with Gasteiger partial charge in [0, 0.05) is 12.0 Å². The molecular weight excluding hydrogens is 274 g/mol. The summed E-state index contributed by atoms with van der Waals surface area (Å²) in [4.78, 5) is 11.4. The zero-order valence-corrected chi connectivity index (χ0v) is 11.7. The molecule has 0 aromatic carbocycles. The van der Waals surface area contributed by atoms with Crippen molar-refractivity contribution in [3.05, 3.63) is 28.9 Å². The zero-order valence-electron chi connectivity index (χ0n) is 11.7. The number of rotatable bonds is 4. The average molecular weight is 291 g/mol. The van der Waals surface area contributed by atoms with Crippen molar-refractivity contribution < 1.29 is 14.4 Å². The summed E-state index contributed by atoms with van der Waals surface area (Å²) < 4.78 is 6.67. The number of aromatic carboxylic acids is 1. The molecule has 3 heterocycles. The summed E-state index contributed by atoms with van der Waals surface area (Å²) in [6.07, 6.45) is 1.76. The van der Waals surface area contributed by atoms with Crippen LogP contribution in [-0.4, -0.2) is 44.3 Å². The van der Waals surface area contributed by atoms with Crippen LogP contribution in [0.3, 0.4) is 0 Å². The van der Waals surface area contributed by atoms with E-state index in [4.69, 9.17) is 4.52 Å². The van der Waals surface area contributed by atoms with Crippen LogP contribution in [0.1, 0.15) is 46.4 Å². The van der Waals surface area contributed by atoms with Gasteiger partial charge in [0.1, 0.15) is 11.5 Å². The van der Waals surface area contributed by atoms with E-state index in [2.05, 4.69) is 20.8 Å². The Kier molecular flexibility index (Phi) is 3.70. The minimum Gasteiger partial charge on any atom is -0.476 e. The molecule has 1 fully saturated rings. The maximum absolute atomic E-state index is 11.4. The van der Waals surface area contributed by atoms with Crippen molar-refractivity contribution in [3.8, 4) is 0 Å². The lowest BCUT2D eigenvalue weighted by molar-refractivity contribution is 0.0688. The molecule has 3 rings (SSSR count). The van der Waals surface area contributed by atoms with E-state index < -0.39 is 5.97 Å². The largest absolute Gasteiger partial charge is 0.476 e. The molecule has 2 aromatic heterocycles. The van der Waals surface area contributed by atoms with Gasteiger partial charge in [-0.25, -0.2) is 9.48 Å². The van der Waals surface area contributed by atoms with E-state index in [1.165, 1.54) is 0 Å². The second-order valence-electron chi connectivity index (χ2n) is 5.24. The number of carbonyl (C=O) groups is 1. The minimum atomic E-state index is -1.04. The molecule has 1 aliphatic rings. The van der Waals surface area contributed by atoms with E-state index in [0.717, 1.165) is 25.9 Å². The molecule has 8 heteroatoms. The van der Waals surface area contributed by atoms with Gasteiger partial charge in [-0.1, -0.05) is 10.4 Å². The number of aromatic nitrogens is 4. The fourth-order valence-electron chi connectivity index (χ4n) is 2.73. The quantitative estimate of drug-likeness (QED) is 0.857. The van der Waals surface area contributed by atoms with Crippen molar-refractivity contribution in [2.24, 2.45) is 0 Å². The summed E-state index contributed by atoms with van der Waals surface area (Å²) in [6, 6.07) is 1.81. The lowest BCUT2D eigenvalue weighted by Gasteiger charge is -2.23.